The van der Waals surface area contributed by atoms with Gasteiger partial charge in [0.25, 0.3) is 0 Å². The SMILES string of the molecule is CNC(C)Cc1cnc(Cc2ccc(Cl)cc2)o1. The van der Waals surface area contributed by atoms with E-state index in [0.717, 1.165) is 28.7 Å². The highest BCUT2D eigenvalue weighted by Gasteiger charge is 2.08. The van der Waals surface area contributed by atoms with Crippen LogP contribution in [0, 0.1) is 0 Å². The van der Waals surface area contributed by atoms with Crippen molar-refractivity contribution in [3.05, 3.63) is 52.7 Å². The molecular weight excluding hydrogens is 248 g/mol. The lowest BCUT2D eigenvalue weighted by molar-refractivity contribution is 0.440. The van der Waals surface area contributed by atoms with Gasteiger partial charge < -0.3 is 9.73 Å². The maximum absolute atomic E-state index is 5.85. The molecule has 0 fully saturated rings. The minimum atomic E-state index is 0.390. The summed E-state index contributed by atoms with van der Waals surface area (Å²) in [5.41, 5.74) is 1.15. The molecule has 0 aliphatic rings. The van der Waals surface area contributed by atoms with Gasteiger partial charge in [0.2, 0.25) is 0 Å². The fourth-order valence-electron chi connectivity index (χ4n) is 1.70. The summed E-state index contributed by atoms with van der Waals surface area (Å²) in [4.78, 5) is 4.29. The predicted octanol–water partition coefficient (Wildman–Crippen LogP) is 3.07. The zero-order chi connectivity index (χ0) is 13.0. The van der Waals surface area contributed by atoms with Crippen LogP contribution in [0.2, 0.25) is 5.02 Å². The van der Waals surface area contributed by atoms with Gasteiger partial charge in [0.1, 0.15) is 5.76 Å². The molecule has 0 bridgehead atoms. The van der Waals surface area contributed by atoms with E-state index < -0.39 is 0 Å². The van der Waals surface area contributed by atoms with Gasteiger partial charge in [-0.3, -0.25) is 0 Å². The van der Waals surface area contributed by atoms with E-state index in [2.05, 4.69) is 17.2 Å². The van der Waals surface area contributed by atoms with Crippen molar-refractivity contribution in [3.8, 4) is 0 Å². The Bertz CT molecular complexity index is 493. The summed E-state index contributed by atoms with van der Waals surface area (Å²) in [6.45, 7) is 2.11. The van der Waals surface area contributed by atoms with Crippen LogP contribution in [0.4, 0.5) is 0 Å². The van der Waals surface area contributed by atoms with Gasteiger partial charge in [0.15, 0.2) is 5.89 Å². The lowest BCUT2D eigenvalue weighted by Crippen LogP contribution is -2.23. The largest absolute Gasteiger partial charge is 0.445 e. The van der Waals surface area contributed by atoms with Crippen molar-refractivity contribution in [1.82, 2.24) is 10.3 Å². The minimum Gasteiger partial charge on any atom is -0.445 e. The molecule has 2 rings (SSSR count). The average Bonchev–Trinajstić information content (AvgIpc) is 2.79. The molecule has 1 aromatic carbocycles. The first kappa shape index (κ1) is 13.1. The Morgan fingerprint density at radius 2 is 2.06 bits per heavy atom. The van der Waals surface area contributed by atoms with Gasteiger partial charge in [0, 0.05) is 23.9 Å². The van der Waals surface area contributed by atoms with E-state index in [-0.39, 0.29) is 0 Å². The summed E-state index contributed by atoms with van der Waals surface area (Å²) >= 11 is 5.85. The summed E-state index contributed by atoms with van der Waals surface area (Å²) in [5, 5.41) is 3.92. The number of hydrogen-bond acceptors (Lipinski definition) is 3. The van der Waals surface area contributed by atoms with Crippen LogP contribution in [-0.2, 0) is 12.8 Å². The number of oxazole rings is 1. The van der Waals surface area contributed by atoms with Crippen LogP contribution in [0.15, 0.2) is 34.9 Å². The zero-order valence-corrected chi connectivity index (χ0v) is 11.4. The summed E-state index contributed by atoms with van der Waals surface area (Å²) in [7, 11) is 1.94. The lowest BCUT2D eigenvalue weighted by atomic mass is 10.1. The third-order valence-corrected chi connectivity index (χ3v) is 3.12. The molecule has 18 heavy (non-hydrogen) atoms. The molecule has 0 radical (unpaired) electrons. The lowest BCUT2D eigenvalue weighted by Gasteiger charge is -2.06. The number of nitrogens with one attached hydrogen (secondary N) is 1. The smallest absolute Gasteiger partial charge is 0.198 e. The highest BCUT2D eigenvalue weighted by Crippen LogP contribution is 2.14. The number of aromatic nitrogens is 1. The van der Waals surface area contributed by atoms with Crippen LogP contribution in [0.25, 0.3) is 0 Å². The fourth-order valence-corrected chi connectivity index (χ4v) is 1.83. The van der Waals surface area contributed by atoms with E-state index in [9.17, 15) is 0 Å². The van der Waals surface area contributed by atoms with Crippen LogP contribution in [0.5, 0.6) is 0 Å². The molecule has 1 atom stereocenters. The van der Waals surface area contributed by atoms with Crippen molar-refractivity contribution in [2.24, 2.45) is 0 Å². The molecule has 0 aliphatic heterocycles. The predicted molar refractivity (Wildman–Crippen MR) is 73.0 cm³/mol. The Kier molecular flexibility index (Phi) is 4.39. The molecule has 1 aromatic heterocycles. The molecule has 0 amide bonds. The maximum atomic E-state index is 5.85. The van der Waals surface area contributed by atoms with Gasteiger partial charge in [-0.1, -0.05) is 23.7 Å². The van der Waals surface area contributed by atoms with Crippen LogP contribution < -0.4 is 5.32 Å². The van der Waals surface area contributed by atoms with E-state index in [0.29, 0.717) is 12.5 Å². The van der Waals surface area contributed by atoms with Crippen LogP contribution >= 0.6 is 11.6 Å². The standard InChI is InChI=1S/C14H17ClN2O/c1-10(16-2)7-13-9-17-14(18-13)8-11-3-5-12(15)6-4-11/h3-6,9-10,16H,7-8H2,1-2H3. The van der Waals surface area contributed by atoms with Crippen molar-refractivity contribution < 1.29 is 4.42 Å². The van der Waals surface area contributed by atoms with E-state index in [1.807, 2.05) is 31.3 Å². The van der Waals surface area contributed by atoms with Crippen LogP contribution in [-0.4, -0.2) is 18.1 Å². The summed E-state index contributed by atoms with van der Waals surface area (Å²) in [6, 6.07) is 8.12. The van der Waals surface area contributed by atoms with Crippen molar-refractivity contribution >= 4 is 11.6 Å². The van der Waals surface area contributed by atoms with Gasteiger partial charge in [-0.25, -0.2) is 4.98 Å². The number of nitrogens with zero attached hydrogens (tertiary/aromatic N) is 1. The third kappa shape index (κ3) is 3.59. The Hall–Kier alpha value is -1.32. The van der Waals surface area contributed by atoms with E-state index in [1.54, 1.807) is 6.20 Å². The molecule has 2 aromatic rings. The number of benzene rings is 1. The van der Waals surface area contributed by atoms with Crippen LogP contribution in [0.1, 0.15) is 24.1 Å². The van der Waals surface area contributed by atoms with Gasteiger partial charge in [-0.05, 0) is 31.7 Å². The van der Waals surface area contributed by atoms with Gasteiger partial charge >= 0.3 is 0 Å². The Morgan fingerprint density at radius 3 is 2.72 bits per heavy atom. The fraction of sp³-hybridized carbons (Fsp3) is 0.357. The number of hydrogen-bond donors (Lipinski definition) is 1. The summed E-state index contributed by atoms with van der Waals surface area (Å²) in [5.74, 6) is 1.66. The molecule has 4 heteroatoms. The molecule has 1 heterocycles. The van der Waals surface area contributed by atoms with E-state index in [1.165, 1.54) is 0 Å². The number of rotatable bonds is 5. The monoisotopic (exact) mass is 264 g/mol. The highest BCUT2D eigenvalue weighted by atomic mass is 35.5. The molecular formula is C14H17ClN2O. The zero-order valence-electron chi connectivity index (χ0n) is 10.6. The van der Waals surface area contributed by atoms with Gasteiger partial charge in [-0.2, -0.15) is 0 Å². The molecule has 1 N–H and O–H groups in total. The second-order valence-electron chi connectivity index (χ2n) is 4.42. The van der Waals surface area contributed by atoms with Crippen molar-refractivity contribution in [1.29, 1.82) is 0 Å². The van der Waals surface area contributed by atoms with Gasteiger partial charge in [0.05, 0.1) is 6.20 Å². The first-order valence-corrected chi connectivity index (χ1v) is 6.40. The van der Waals surface area contributed by atoms with E-state index >= 15 is 0 Å². The quantitative estimate of drug-likeness (QED) is 0.902. The molecule has 96 valence electrons. The highest BCUT2D eigenvalue weighted by molar-refractivity contribution is 6.30. The third-order valence-electron chi connectivity index (χ3n) is 2.87. The Labute approximate surface area is 112 Å². The Morgan fingerprint density at radius 1 is 1.33 bits per heavy atom. The molecule has 0 aliphatic carbocycles. The summed E-state index contributed by atoms with van der Waals surface area (Å²) < 4.78 is 5.71. The first-order chi connectivity index (χ1) is 8.67. The van der Waals surface area contributed by atoms with Crippen molar-refractivity contribution in [3.63, 3.8) is 0 Å². The Balaban J connectivity index is 2.00. The number of likely N-dealkylation sites (N-methyl/N-ethyl adjacent to an activating group) is 1. The van der Waals surface area contributed by atoms with Gasteiger partial charge in [-0.15, -0.1) is 0 Å². The second-order valence-corrected chi connectivity index (χ2v) is 4.85. The van der Waals surface area contributed by atoms with Crippen LogP contribution in [0.3, 0.4) is 0 Å². The first-order valence-electron chi connectivity index (χ1n) is 6.02. The molecule has 1 unspecified atom stereocenters. The van der Waals surface area contributed by atoms with Crippen molar-refractivity contribution in [2.75, 3.05) is 7.05 Å². The molecule has 0 saturated heterocycles. The molecule has 3 nitrogen and oxygen atoms in total. The van der Waals surface area contributed by atoms with E-state index in [4.69, 9.17) is 16.0 Å². The second kappa shape index (κ2) is 6.03. The topological polar surface area (TPSA) is 38.1 Å². The minimum absolute atomic E-state index is 0.390. The summed E-state index contributed by atoms with van der Waals surface area (Å²) in [6.07, 6.45) is 3.36. The molecule has 0 spiro atoms. The maximum Gasteiger partial charge on any atom is 0.198 e. The average molecular weight is 265 g/mol. The number of halogens is 1. The normalized spacial score (nSPS) is 12.6. The molecule has 0 saturated carbocycles. The van der Waals surface area contributed by atoms with Crippen molar-refractivity contribution in [2.45, 2.75) is 25.8 Å².